The van der Waals surface area contributed by atoms with Crippen LogP contribution in [0.4, 0.5) is 20.3 Å². The number of benzene rings is 1. The third-order valence-electron chi connectivity index (χ3n) is 5.71. The van der Waals surface area contributed by atoms with E-state index in [4.69, 9.17) is 15.5 Å². The first-order chi connectivity index (χ1) is 16.5. The number of aromatic nitrogens is 4. The van der Waals surface area contributed by atoms with E-state index in [1.165, 1.54) is 18.2 Å². The van der Waals surface area contributed by atoms with Gasteiger partial charge in [0.05, 0.1) is 37.0 Å². The van der Waals surface area contributed by atoms with Crippen LogP contribution in [-0.2, 0) is 4.74 Å². The van der Waals surface area contributed by atoms with Gasteiger partial charge in [-0.05, 0) is 19.1 Å². The number of ether oxygens (including phenoxy) is 1. The van der Waals surface area contributed by atoms with E-state index in [1.54, 1.807) is 18.5 Å². The fourth-order valence-corrected chi connectivity index (χ4v) is 3.93. The molecule has 2 N–H and O–H groups in total. The highest BCUT2D eigenvalue weighted by Crippen LogP contribution is 2.29. The molecule has 0 radical (unpaired) electrons. The highest BCUT2D eigenvalue weighted by Gasteiger charge is 2.18. The Hall–Kier alpha value is -3.92. The van der Waals surface area contributed by atoms with E-state index in [2.05, 4.69) is 20.0 Å². The maximum atomic E-state index is 13.1. The Morgan fingerprint density at radius 3 is 2.76 bits per heavy atom. The van der Waals surface area contributed by atoms with Crippen LogP contribution in [0.1, 0.15) is 23.2 Å². The molecule has 4 aromatic rings. The van der Waals surface area contributed by atoms with Crippen LogP contribution in [0.3, 0.4) is 0 Å². The van der Waals surface area contributed by atoms with Crippen molar-refractivity contribution in [2.45, 2.75) is 13.3 Å². The summed E-state index contributed by atoms with van der Waals surface area (Å²) in [7, 11) is 0. The van der Waals surface area contributed by atoms with E-state index in [-0.39, 0.29) is 11.4 Å². The molecular weight excluding hydrogens is 440 g/mol. The van der Waals surface area contributed by atoms with Gasteiger partial charge in [-0.15, -0.1) is 0 Å². The average Bonchev–Trinajstić information content (AvgIpc) is 3.34. The van der Waals surface area contributed by atoms with Crippen LogP contribution in [0, 0.1) is 6.92 Å². The lowest BCUT2D eigenvalue weighted by molar-refractivity contribution is 0.122. The van der Waals surface area contributed by atoms with Gasteiger partial charge in [-0.2, -0.15) is 9.61 Å². The predicted octanol–water partition coefficient (Wildman–Crippen LogP) is 3.91. The summed E-state index contributed by atoms with van der Waals surface area (Å²) in [5.74, 6) is 1.05. The second-order valence-corrected chi connectivity index (χ2v) is 7.95. The molecule has 0 amide bonds. The number of alkyl halides is 2. The van der Waals surface area contributed by atoms with Gasteiger partial charge in [0.25, 0.3) is 6.43 Å². The molecule has 1 aromatic carbocycles. The number of anilines is 1. The molecule has 3 aromatic heterocycles. The van der Waals surface area contributed by atoms with Crippen LogP contribution in [0.5, 0.6) is 0 Å². The maximum absolute atomic E-state index is 13.1. The normalized spacial score (nSPS) is 14.8. The molecule has 1 aliphatic heterocycles. The second kappa shape index (κ2) is 9.14. The van der Waals surface area contributed by atoms with Crippen LogP contribution in [0.15, 0.2) is 59.9 Å². The van der Waals surface area contributed by atoms with Crippen molar-refractivity contribution in [3.63, 3.8) is 0 Å². The summed E-state index contributed by atoms with van der Waals surface area (Å²) >= 11 is 0. The number of amidine groups is 1. The maximum Gasteiger partial charge on any atom is 0.263 e. The van der Waals surface area contributed by atoms with Crippen molar-refractivity contribution in [3.8, 4) is 11.3 Å². The SMILES string of the molecule is Cc1ncc(N=C(N)c2cccc(C(F)F)c2)cc1-c1cc(N2CCOCC2)n2nccc2n1. The zero-order valence-corrected chi connectivity index (χ0v) is 18.5. The summed E-state index contributed by atoms with van der Waals surface area (Å²) in [5.41, 5.74) is 9.99. The van der Waals surface area contributed by atoms with E-state index in [0.717, 1.165) is 41.5 Å². The van der Waals surface area contributed by atoms with Crippen LogP contribution in [0.2, 0.25) is 0 Å². The van der Waals surface area contributed by atoms with Gasteiger partial charge in [0.2, 0.25) is 0 Å². The van der Waals surface area contributed by atoms with Crippen molar-refractivity contribution in [1.29, 1.82) is 0 Å². The smallest absolute Gasteiger partial charge is 0.263 e. The number of hydrogen-bond acceptors (Lipinski definition) is 6. The Balaban J connectivity index is 1.54. The lowest BCUT2D eigenvalue weighted by atomic mass is 10.1. The molecule has 0 unspecified atom stereocenters. The number of rotatable bonds is 5. The zero-order chi connectivity index (χ0) is 23.7. The van der Waals surface area contributed by atoms with Gasteiger partial charge in [0, 0.05) is 47.6 Å². The Morgan fingerprint density at radius 2 is 1.97 bits per heavy atom. The van der Waals surface area contributed by atoms with Gasteiger partial charge in [0.1, 0.15) is 11.7 Å². The third kappa shape index (κ3) is 4.32. The van der Waals surface area contributed by atoms with Crippen LogP contribution in [-0.4, -0.2) is 51.7 Å². The van der Waals surface area contributed by atoms with Gasteiger partial charge >= 0.3 is 0 Å². The molecule has 1 saturated heterocycles. The van der Waals surface area contributed by atoms with E-state index in [1.807, 2.05) is 29.6 Å². The molecule has 10 heteroatoms. The van der Waals surface area contributed by atoms with Gasteiger partial charge in [0.15, 0.2) is 5.65 Å². The van der Waals surface area contributed by atoms with E-state index in [9.17, 15) is 8.78 Å². The molecule has 34 heavy (non-hydrogen) atoms. The monoisotopic (exact) mass is 463 g/mol. The molecule has 8 nitrogen and oxygen atoms in total. The first-order valence-corrected chi connectivity index (χ1v) is 10.9. The minimum atomic E-state index is -2.58. The summed E-state index contributed by atoms with van der Waals surface area (Å²) in [6.45, 7) is 4.71. The minimum Gasteiger partial charge on any atom is -0.383 e. The number of fused-ring (bicyclic) bond motifs is 1. The molecule has 0 atom stereocenters. The molecule has 0 bridgehead atoms. The zero-order valence-electron chi connectivity index (χ0n) is 18.5. The van der Waals surface area contributed by atoms with E-state index < -0.39 is 6.43 Å². The molecule has 0 spiro atoms. The number of halogens is 2. The summed E-state index contributed by atoms with van der Waals surface area (Å²) < 4.78 is 33.4. The van der Waals surface area contributed by atoms with E-state index in [0.29, 0.717) is 24.5 Å². The molecule has 1 fully saturated rings. The van der Waals surface area contributed by atoms with Gasteiger partial charge in [-0.25, -0.2) is 18.8 Å². The van der Waals surface area contributed by atoms with Crippen molar-refractivity contribution < 1.29 is 13.5 Å². The fraction of sp³-hybridized carbons (Fsp3) is 0.250. The minimum absolute atomic E-state index is 0.104. The van der Waals surface area contributed by atoms with Crippen molar-refractivity contribution >= 4 is 23.0 Å². The second-order valence-electron chi connectivity index (χ2n) is 7.95. The molecular formula is C24H23F2N7O. The quantitative estimate of drug-likeness (QED) is 0.356. The average molecular weight is 463 g/mol. The molecule has 0 aliphatic carbocycles. The number of aryl methyl sites for hydroxylation is 1. The number of pyridine rings is 1. The third-order valence-corrected chi connectivity index (χ3v) is 5.71. The van der Waals surface area contributed by atoms with Crippen molar-refractivity contribution in [2.75, 3.05) is 31.2 Å². The number of morpholine rings is 1. The predicted molar refractivity (Wildman–Crippen MR) is 126 cm³/mol. The lowest BCUT2D eigenvalue weighted by Gasteiger charge is -2.29. The van der Waals surface area contributed by atoms with Gasteiger partial charge in [-0.3, -0.25) is 4.98 Å². The topological polar surface area (TPSA) is 93.9 Å². The Bertz CT molecular complexity index is 1360. The van der Waals surface area contributed by atoms with Crippen molar-refractivity contribution in [2.24, 2.45) is 10.7 Å². The van der Waals surface area contributed by atoms with Crippen molar-refractivity contribution in [1.82, 2.24) is 19.6 Å². The number of nitrogens with two attached hydrogens (primary N) is 1. The molecule has 1 aliphatic rings. The Kier molecular flexibility index (Phi) is 5.89. The highest BCUT2D eigenvalue weighted by atomic mass is 19.3. The van der Waals surface area contributed by atoms with Crippen molar-refractivity contribution in [3.05, 3.63) is 71.7 Å². The van der Waals surface area contributed by atoms with Crippen LogP contribution < -0.4 is 10.6 Å². The Labute approximate surface area is 194 Å². The molecule has 174 valence electrons. The standard InChI is InChI=1S/C24H23F2N7O/c1-15-19(12-18(14-28-15)30-24(27)17-4-2-3-16(11-17)23(25)26)20-13-22(32-7-9-34-10-8-32)33-21(31-20)5-6-29-33/h2-6,11-14,23H,7-10H2,1H3,(H2,27,30). The Morgan fingerprint density at radius 1 is 1.15 bits per heavy atom. The number of hydrogen-bond donors (Lipinski definition) is 1. The lowest BCUT2D eigenvalue weighted by Crippen LogP contribution is -2.37. The number of nitrogens with zero attached hydrogens (tertiary/aromatic N) is 6. The molecule has 5 rings (SSSR count). The van der Waals surface area contributed by atoms with E-state index >= 15 is 0 Å². The first kappa shape index (κ1) is 21.9. The summed E-state index contributed by atoms with van der Waals surface area (Å²) in [6, 6.07) is 11.6. The largest absolute Gasteiger partial charge is 0.383 e. The first-order valence-electron chi connectivity index (χ1n) is 10.9. The summed E-state index contributed by atoms with van der Waals surface area (Å²) in [5, 5.41) is 4.43. The number of aliphatic imine (C=N–C) groups is 1. The summed E-state index contributed by atoms with van der Waals surface area (Å²) in [6.07, 6.45) is 0.740. The molecule has 4 heterocycles. The highest BCUT2D eigenvalue weighted by molar-refractivity contribution is 5.99. The van der Waals surface area contributed by atoms with Crippen LogP contribution >= 0.6 is 0 Å². The van der Waals surface area contributed by atoms with Crippen LogP contribution in [0.25, 0.3) is 16.9 Å². The molecule has 0 saturated carbocycles. The fourth-order valence-electron chi connectivity index (χ4n) is 3.93. The van der Waals surface area contributed by atoms with Gasteiger partial charge < -0.3 is 15.4 Å². The van der Waals surface area contributed by atoms with Gasteiger partial charge in [-0.1, -0.05) is 18.2 Å². The summed E-state index contributed by atoms with van der Waals surface area (Å²) in [4.78, 5) is 15.9.